The fourth-order valence-electron chi connectivity index (χ4n) is 0.882. The van der Waals surface area contributed by atoms with Gasteiger partial charge in [0.25, 0.3) is 0 Å². The van der Waals surface area contributed by atoms with E-state index in [0.29, 0.717) is 27.8 Å². The van der Waals surface area contributed by atoms with Gasteiger partial charge in [-0.3, -0.25) is 9.88 Å². The summed E-state index contributed by atoms with van der Waals surface area (Å²) in [4.78, 5) is 11.1. The highest BCUT2D eigenvalue weighted by molar-refractivity contribution is 7.34. The van der Waals surface area contributed by atoms with Gasteiger partial charge in [-0.05, 0) is 21.2 Å². The first-order valence-corrected chi connectivity index (χ1v) is 5.61. The van der Waals surface area contributed by atoms with E-state index in [2.05, 4.69) is 15.9 Å². The van der Waals surface area contributed by atoms with Crippen molar-refractivity contribution in [3.63, 3.8) is 0 Å². The Morgan fingerprint density at radius 2 is 2.43 bits per heavy atom. The SMILES string of the molecule is C=PNC(CCCOCO)C(=O)OP. The van der Waals surface area contributed by atoms with Crippen molar-refractivity contribution in [1.29, 1.82) is 0 Å². The molecule has 0 aliphatic rings. The highest BCUT2D eigenvalue weighted by atomic mass is 31.1. The maximum Gasteiger partial charge on any atom is 0.325 e. The molecule has 0 aromatic carbocycles. The number of aliphatic hydroxyl groups is 1. The van der Waals surface area contributed by atoms with E-state index in [4.69, 9.17) is 9.84 Å². The quantitative estimate of drug-likeness (QED) is 0.362. The van der Waals surface area contributed by atoms with Gasteiger partial charge in [0.2, 0.25) is 0 Å². The average Bonchev–Trinajstić information content (AvgIpc) is 2.21. The molecule has 0 aliphatic heterocycles. The number of carbonyl (C=O) groups excluding carboxylic acids is 1. The zero-order chi connectivity index (χ0) is 10.8. The number of aliphatic hydroxyl groups excluding tert-OH is 1. The molecule has 0 heterocycles. The number of rotatable bonds is 8. The van der Waals surface area contributed by atoms with Gasteiger partial charge >= 0.3 is 5.97 Å². The molecule has 7 heteroatoms. The number of hydrogen-bond acceptors (Lipinski definition) is 5. The monoisotopic (exact) mass is 239 g/mol. The number of carbonyl (C=O) groups is 1. The van der Waals surface area contributed by atoms with Crippen molar-refractivity contribution in [3.8, 4) is 0 Å². The highest BCUT2D eigenvalue weighted by Crippen LogP contribution is 2.05. The molecule has 82 valence electrons. The summed E-state index contributed by atoms with van der Waals surface area (Å²) in [6.45, 7) is 0.132. The fraction of sp³-hybridized carbons (Fsp3) is 0.714. The lowest BCUT2D eigenvalue weighted by Gasteiger charge is -2.12. The van der Waals surface area contributed by atoms with Crippen LogP contribution in [0.25, 0.3) is 0 Å². The lowest BCUT2D eigenvalue weighted by molar-refractivity contribution is -0.135. The molecular formula is C7H15NO4P2. The van der Waals surface area contributed by atoms with Gasteiger partial charge in [0.05, 0.1) is 9.47 Å². The van der Waals surface area contributed by atoms with E-state index in [-0.39, 0.29) is 18.8 Å². The van der Waals surface area contributed by atoms with Crippen LogP contribution in [0.3, 0.4) is 0 Å². The summed E-state index contributed by atoms with van der Waals surface area (Å²) >= 11 is 0. The Morgan fingerprint density at radius 1 is 1.71 bits per heavy atom. The van der Waals surface area contributed by atoms with Crippen LogP contribution in [0.1, 0.15) is 12.8 Å². The molecular weight excluding hydrogens is 224 g/mol. The standard InChI is InChI=1S/C7H15NO4P2/c1-14-8-6(7(10)12-13)3-2-4-11-5-9/h6,8-9H,1-5,13H2. The molecule has 2 unspecified atom stereocenters. The van der Waals surface area contributed by atoms with Gasteiger partial charge in [0.15, 0.2) is 0 Å². The molecule has 0 fully saturated rings. The molecule has 0 saturated carbocycles. The molecule has 0 bridgehead atoms. The Bertz CT molecular complexity index is 179. The molecule has 0 rings (SSSR count). The van der Waals surface area contributed by atoms with Crippen LogP contribution in [-0.4, -0.2) is 36.8 Å². The molecule has 2 N–H and O–H groups in total. The third-order valence-electron chi connectivity index (χ3n) is 1.52. The van der Waals surface area contributed by atoms with Crippen molar-refractivity contribution in [2.24, 2.45) is 0 Å². The molecule has 0 amide bonds. The van der Waals surface area contributed by atoms with Crippen LogP contribution in [0.5, 0.6) is 0 Å². The van der Waals surface area contributed by atoms with Gasteiger partial charge in [0.1, 0.15) is 12.8 Å². The normalized spacial score (nSPS) is 12.7. The smallest absolute Gasteiger partial charge is 0.325 e. The van der Waals surface area contributed by atoms with Gasteiger partial charge in [-0.25, -0.2) is 0 Å². The first-order chi connectivity index (χ1) is 6.76. The maximum atomic E-state index is 11.1. The van der Waals surface area contributed by atoms with Gasteiger partial charge < -0.3 is 14.4 Å². The third-order valence-corrected chi connectivity index (χ3v) is 2.25. The van der Waals surface area contributed by atoms with E-state index in [1.165, 1.54) is 0 Å². The van der Waals surface area contributed by atoms with Gasteiger partial charge in [-0.15, -0.1) is 0 Å². The van der Waals surface area contributed by atoms with Crippen molar-refractivity contribution in [2.75, 3.05) is 13.4 Å². The molecule has 0 spiro atoms. The van der Waals surface area contributed by atoms with Crippen molar-refractivity contribution in [3.05, 3.63) is 0 Å². The van der Waals surface area contributed by atoms with Crippen LogP contribution in [0.15, 0.2) is 0 Å². The van der Waals surface area contributed by atoms with Crippen molar-refractivity contribution >= 4 is 30.1 Å². The van der Waals surface area contributed by atoms with Gasteiger partial charge in [-0.2, -0.15) is 0 Å². The fourth-order valence-corrected chi connectivity index (χ4v) is 1.50. The highest BCUT2D eigenvalue weighted by Gasteiger charge is 2.16. The zero-order valence-corrected chi connectivity index (χ0v) is 9.86. The summed E-state index contributed by atoms with van der Waals surface area (Å²) in [6, 6.07) is -0.367. The number of nitrogens with one attached hydrogen (secondary N) is 1. The minimum absolute atomic E-state index is 0.292. The first-order valence-electron chi connectivity index (χ1n) is 4.06. The zero-order valence-electron chi connectivity index (χ0n) is 7.81. The van der Waals surface area contributed by atoms with Crippen molar-refractivity contribution in [2.45, 2.75) is 18.9 Å². The molecule has 0 aromatic heterocycles. The third kappa shape index (κ3) is 6.41. The van der Waals surface area contributed by atoms with Crippen LogP contribution >= 0.6 is 17.8 Å². The Morgan fingerprint density at radius 3 is 2.93 bits per heavy atom. The first kappa shape index (κ1) is 13.9. The van der Waals surface area contributed by atoms with Crippen LogP contribution in [0.2, 0.25) is 0 Å². The van der Waals surface area contributed by atoms with E-state index in [9.17, 15) is 4.79 Å². The lowest BCUT2D eigenvalue weighted by atomic mass is 10.2. The molecule has 0 aliphatic carbocycles. The summed E-state index contributed by atoms with van der Waals surface area (Å²) in [6.07, 6.45) is 4.83. The van der Waals surface area contributed by atoms with E-state index in [0.717, 1.165) is 0 Å². The topological polar surface area (TPSA) is 67.8 Å². The second kappa shape index (κ2) is 9.50. The summed E-state index contributed by atoms with van der Waals surface area (Å²) in [5.74, 6) is -0.338. The molecule has 5 nitrogen and oxygen atoms in total. The molecule has 0 aromatic rings. The maximum absolute atomic E-state index is 11.1. The number of ether oxygens (including phenoxy) is 1. The Labute approximate surface area is 87.3 Å². The van der Waals surface area contributed by atoms with Gasteiger partial charge in [-0.1, -0.05) is 6.30 Å². The summed E-state index contributed by atoms with van der Waals surface area (Å²) in [7, 11) is 2.60. The van der Waals surface area contributed by atoms with E-state index in [1.54, 1.807) is 0 Å². The van der Waals surface area contributed by atoms with Gasteiger partial charge in [0, 0.05) is 6.61 Å². The second-order valence-corrected chi connectivity index (χ2v) is 3.27. The minimum atomic E-state index is -0.367. The Kier molecular flexibility index (Phi) is 9.47. The van der Waals surface area contributed by atoms with Crippen molar-refractivity contribution < 1.29 is 19.2 Å². The van der Waals surface area contributed by atoms with Crippen LogP contribution in [-0.2, 0) is 14.1 Å². The van der Waals surface area contributed by atoms with Crippen LogP contribution in [0, 0.1) is 0 Å². The predicted molar refractivity (Wildman–Crippen MR) is 59.0 cm³/mol. The molecule has 14 heavy (non-hydrogen) atoms. The van der Waals surface area contributed by atoms with E-state index < -0.39 is 0 Å². The minimum Gasteiger partial charge on any atom is -0.450 e. The average molecular weight is 239 g/mol. The van der Waals surface area contributed by atoms with Crippen LogP contribution in [0.4, 0.5) is 0 Å². The predicted octanol–water partition coefficient (Wildman–Crippen LogP) is 0.318. The van der Waals surface area contributed by atoms with E-state index >= 15 is 0 Å². The Hall–Kier alpha value is -0.0500. The number of hydrogen-bond donors (Lipinski definition) is 2. The molecule has 2 atom stereocenters. The Balaban J connectivity index is 3.72. The van der Waals surface area contributed by atoms with E-state index in [1.807, 2.05) is 9.47 Å². The van der Waals surface area contributed by atoms with Crippen molar-refractivity contribution in [1.82, 2.24) is 5.09 Å². The molecule has 0 radical (unpaired) electrons. The second-order valence-electron chi connectivity index (χ2n) is 2.46. The molecule has 0 saturated heterocycles. The van der Waals surface area contributed by atoms with Crippen LogP contribution < -0.4 is 5.09 Å². The summed E-state index contributed by atoms with van der Waals surface area (Å²) < 4.78 is 9.24. The lowest BCUT2D eigenvalue weighted by Crippen LogP contribution is -2.31. The largest absolute Gasteiger partial charge is 0.450 e. The summed E-state index contributed by atoms with van der Waals surface area (Å²) in [5.41, 5.74) is 0. The summed E-state index contributed by atoms with van der Waals surface area (Å²) in [5, 5.41) is 11.2.